The number of amides is 2. The van der Waals surface area contributed by atoms with Gasteiger partial charge in [-0.05, 0) is 41.8 Å². The van der Waals surface area contributed by atoms with Gasteiger partial charge >= 0.3 is 0 Å². The molecule has 0 saturated carbocycles. The van der Waals surface area contributed by atoms with Crippen molar-refractivity contribution < 1.29 is 14.3 Å². The molecular formula is C27H27N5O3. The van der Waals surface area contributed by atoms with Gasteiger partial charge in [-0.1, -0.05) is 42.5 Å². The van der Waals surface area contributed by atoms with Crippen LogP contribution in [0.25, 0.3) is 0 Å². The predicted octanol–water partition coefficient (Wildman–Crippen LogP) is 3.07. The number of nitrogens with one attached hydrogen (secondary N) is 2. The van der Waals surface area contributed by atoms with Crippen LogP contribution < -0.4 is 15.4 Å². The van der Waals surface area contributed by atoms with Gasteiger partial charge in [0.25, 0.3) is 5.91 Å². The van der Waals surface area contributed by atoms with Crippen LogP contribution >= 0.6 is 0 Å². The molecule has 2 amide bonds. The summed E-state index contributed by atoms with van der Waals surface area (Å²) in [5.41, 5.74) is 2.54. The fourth-order valence-corrected chi connectivity index (χ4v) is 3.90. The number of hydrogen-bond acceptors (Lipinski definition) is 6. The molecule has 1 aliphatic heterocycles. The number of rotatable bonds is 9. The summed E-state index contributed by atoms with van der Waals surface area (Å²) >= 11 is 0. The van der Waals surface area contributed by atoms with Crippen molar-refractivity contribution in [3.8, 4) is 11.8 Å². The van der Waals surface area contributed by atoms with Crippen LogP contribution in [0.3, 0.4) is 0 Å². The van der Waals surface area contributed by atoms with Crippen molar-refractivity contribution in [2.75, 3.05) is 25.5 Å². The maximum atomic E-state index is 13.2. The highest BCUT2D eigenvalue weighted by Crippen LogP contribution is 2.20. The molecular weight excluding hydrogens is 442 g/mol. The first-order chi connectivity index (χ1) is 17.0. The lowest BCUT2D eigenvalue weighted by molar-refractivity contribution is -0.132. The SMILES string of the molecule is CN1CCC(Oc2ccc(NC(=O)C(NCCc3ccc(C#N)cc3)c3ccccc3)nc2)C1=O. The molecule has 0 bridgehead atoms. The van der Waals surface area contributed by atoms with Crippen LogP contribution in [-0.2, 0) is 16.0 Å². The molecule has 2 N–H and O–H groups in total. The number of ether oxygens (including phenoxy) is 1. The van der Waals surface area contributed by atoms with Gasteiger partial charge < -0.3 is 20.3 Å². The topological polar surface area (TPSA) is 107 Å². The summed E-state index contributed by atoms with van der Waals surface area (Å²) in [6.45, 7) is 1.24. The van der Waals surface area contributed by atoms with Crippen molar-refractivity contribution >= 4 is 17.6 Å². The van der Waals surface area contributed by atoms with Crippen LogP contribution in [0.1, 0.15) is 29.2 Å². The molecule has 1 fully saturated rings. The first-order valence-corrected chi connectivity index (χ1v) is 11.5. The van der Waals surface area contributed by atoms with E-state index >= 15 is 0 Å². The number of aromatic nitrogens is 1. The lowest BCUT2D eigenvalue weighted by Crippen LogP contribution is -2.34. The molecule has 2 unspecified atom stereocenters. The Labute approximate surface area is 204 Å². The summed E-state index contributed by atoms with van der Waals surface area (Å²) in [5, 5.41) is 15.1. The maximum absolute atomic E-state index is 13.2. The van der Waals surface area contributed by atoms with Crippen LogP contribution in [0.2, 0.25) is 0 Å². The molecule has 3 aromatic rings. The minimum atomic E-state index is -0.570. The van der Waals surface area contributed by atoms with Gasteiger partial charge in [-0.25, -0.2) is 4.98 Å². The first kappa shape index (κ1) is 23.9. The average Bonchev–Trinajstić information content (AvgIpc) is 3.20. The summed E-state index contributed by atoms with van der Waals surface area (Å²) in [5.74, 6) is 0.605. The van der Waals surface area contributed by atoms with Gasteiger partial charge in [-0.3, -0.25) is 9.59 Å². The number of benzene rings is 2. The van der Waals surface area contributed by atoms with Gasteiger partial charge in [0, 0.05) is 26.6 Å². The molecule has 178 valence electrons. The van der Waals surface area contributed by atoms with E-state index in [1.165, 1.54) is 6.20 Å². The summed E-state index contributed by atoms with van der Waals surface area (Å²) in [6.07, 6.45) is 2.37. The molecule has 35 heavy (non-hydrogen) atoms. The molecule has 8 heteroatoms. The average molecular weight is 470 g/mol. The normalized spacial score (nSPS) is 15.9. The minimum Gasteiger partial charge on any atom is -0.479 e. The second-order valence-electron chi connectivity index (χ2n) is 8.38. The second kappa shape index (κ2) is 11.3. The van der Waals surface area contributed by atoms with Gasteiger partial charge in [0.05, 0.1) is 17.8 Å². The summed E-state index contributed by atoms with van der Waals surface area (Å²) in [7, 11) is 1.75. The Balaban J connectivity index is 1.37. The highest BCUT2D eigenvalue weighted by Gasteiger charge is 2.30. The Bertz CT molecular complexity index is 1190. The molecule has 2 heterocycles. The second-order valence-corrected chi connectivity index (χ2v) is 8.38. The van der Waals surface area contributed by atoms with Crippen LogP contribution in [0.5, 0.6) is 5.75 Å². The lowest BCUT2D eigenvalue weighted by atomic mass is 10.1. The van der Waals surface area contributed by atoms with E-state index in [0.717, 1.165) is 11.1 Å². The van der Waals surface area contributed by atoms with E-state index in [0.29, 0.717) is 43.1 Å². The van der Waals surface area contributed by atoms with E-state index in [2.05, 4.69) is 21.7 Å². The highest BCUT2D eigenvalue weighted by atomic mass is 16.5. The van der Waals surface area contributed by atoms with Crippen molar-refractivity contribution in [2.24, 2.45) is 0 Å². The van der Waals surface area contributed by atoms with Crippen molar-refractivity contribution in [1.82, 2.24) is 15.2 Å². The zero-order valence-corrected chi connectivity index (χ0v) is 19.5. The number of carbonyl (C=O) groups is 2. The van der Waals surface area contributed by atoms with Gasteiger partial charge in [-0.15, -0.1) is 0 Å². The fourth-order valence-electron chi connectivity index (χ4n) is 3.90. The van der Waals surface area contributed by atoms with Crippen LogP contribution in [0.15, 0.2) is 72.9 Å². The minimum absolute atomic E-state index is 0.0415. The summed E-state index contributed by atoms with van der Waals surface area (Å²) < 4.78 is 5.75. The van der Waals surface area contributed by atoms with Crippen LogP contribution in [-0.4, -0.2) is 47.9 Å². The zero-order valence-electron chi connectivity index (χ0n) is 19.5. The van der Waals surface area contributed by atoms with Crippen molar-refractivity contribution in [1.29, 1.82) is 5.26 Å². The molecule has 0 aliphatic carbocycles. The Morgan fingerprint density at radius 1 is 1.17 bits per heavy atom. The van der Waals surface area contributed by atoms with Crippen molar-refractivity contribution in [3.05, 3.63) is 89.6 Å². The molecule has 1 aromatic heterocycles. The van der Waals surface area contributed by atoms with E-state index in [9.17, 15) is 9.59 Å². The van der Waals surface area contributed by atoms with Crippen molar-refractivity contribution in [3.63, 3.8) is 0 Å². The van der Waals surface area contributed by atoms with E-state index in [1.807, 2.05) is 42.5 Å². The third-order valence-corrected chi connectivity index (χ3v) is 5.88. The number of nitrogens with zero attached hydrogens (tertiary/aromatic N) is 3. The third-order valence-electron chi connectivity index (χ3n) is 5.88. The van der Waals surface area contributed by atoms with E-state index in [1.54, 1.807) is 36.2 Å². The van der Waals surface area contributed by atoms with E-state index in [4.69, 9.17) is 10.00 Å². The Hall–Kier alpha value is -4.22. The number of carbonyl (C=O) groups excluding carboxylic acids is 2. The molecule has 0 radical (unpaired) electrons. The smallest absolute Gasteiger partial charge is 0.263 e. The van der Waals surface area contributed by atoms with E-state index in [-0.39, 0.29) is 11.8 Å². The van der Waals surface area contributed by atoms with E-state index < -0.39 is 12.1 Å². The third kappa shape index (κ3) is 6.22. The van der Waals surface area contributed by atoms with Gasteiger partial charge in [0.1, 0.15) is 17.6 Å². The van der Waals surface area contributed by atoms with Crippen LogP contribution in [0.4, 0.5) is 5.82 Å². The first-order valence-electron chi connectivity index (χ1n) is 11.5. The van der Waals surface area contributed by atoms with Gasteiger partial charge in [-0.2, -0.15) is 5.26 Å². The van der Waals surface area contributed by atoms with Crippen LogP contribution in [0, 0.1) is 11.3 Å². The molecule has 4 rings (SSSR count). The monoisotopic (exact) mass is 469 g/mol. The molecule has 1 saturated heterocycles. The predicted molar refractivity (Wildman–Crippen MR) is 132 cm³/mol. The number of likely N-dealkylation sites (tertiary alicyclic amines) is 1. The molecule has 2 atom stereocenters. The highest BCUT2D eigenvalue weighted by molar-refractivity contribution is 5.94. The van der Waals surface area contributed by atoms with Gasteiger partial charge in [0.2, 0.25) is 5.91 Å². The summed E-state index contributed by atoms with van der Waals surface area (Å²) in [6, 6.07) is 21.8. The number of likely N-dealkylation sites (N-methyl/N-ethyl adjacent to an activating group) is 1. The Morgan fingerprint density at radius 3 is 2.57 bits per heavy atom. The van der Waals surface area contributed by atoms with Gasteiger partial charge in [0.15, 0.2) is 6.10 Å². The maximum Gasteiger partial charge on any atom is 0.263 e. The molecule has 8 nitrogen and oxygen atoms in total. The van der Waals surface area contributed by atoms with Crippen molar-refractivity contribution in [2.45, 2.75) is 25.0 Å². The molecule has 2 aromatic carbocycles. The number of anilines is 1. The Kier molecular flexibility index (Phi) is 7.70. The fraction of sp³-hybridized carbons (Fsp3) is 0.259. The zero-order chi connectivity index (χ0) is 24.6. The largest absolute Gasteiger partial charge is 0.479 e. The number of pyridine rings is 1. The lowest BCUT2D eigenvalue weighted by Gasteiger charge is -2.19. The summed E-state index contributed by atoms with van der Waals surface area (Å²) in [4.78, 5) is 31.1. The number of nitriles is 1. The number of hydrogen-bond donors (Lipinski definition) is 2. The quantitative estimate of drug-likeness (QED) is 0.499. The Morgan fingerprint density at radius 2 is 1.94 bits per heavy atom. The standard InChI is InChI=1S/C27H27N5O3/c1-32-16-14-23(27(32)34)35-22-11-12-24(30-18-22)31-26(33)25(21-5-3-2-4-6-21)29-15-13-19-7-9-20(17-28)10-8-19/h2-12,18,23,25,29H,13-16H2,1H3,(H,30,31,33). The molecule has 1 aliphatic rings. The molecule has 0 spiro atoms.